The van der Waals surface area contributed by atoms with Crippen molar-refractivity contribution in [3.63, 3.8) is 0 Å². The van der Waals surface area contributed by atoms with Crippen molar-refractivity contribution < 1.29 is 19.7 Å². The Hall–Kier alpha value is -0.610. The topological polar surface area (TPSA) is 66.8 Å². The van der Waals surface area contributed by atoms with Gasteiger partial charge in [-0.05, 0) is 26.2 Å². The van der Waals surface area contributed by atoms with Crippen molar-refractivity contribution in [3.05, 3.63) is 0 Å². The van der Waals surface area contributed by atoms with Gasteiger partial charge >= 0.3 is 5.97 Å². The van der Waals surface area contributed by atoms with E-state index >= 15 is 0 Å². The molecule has 0 heterocycles. The monoisotopic (exact) mass is 358 g/mol. The van der Waals surface area contributed by atoms with Crippen LogP contribution >= 0.6 is 0 Å². The van der Waals surface area contributed by atoms with Crippen LogP contribution in [0.3, 0.4) is 0 Å². The second kappa shape index (κ2) is 18.2. The number of aliphatic hydroxyl groups is 1. The number of carboxylic acids is 1. The van der Waals surface area contributed by atoms with Crippen LogP contribution in [0.1, 0.15) is 110 Å². The van der Waals surface area contributed by atoms with Crippen LogP contribution in [0.2, 0.25) is 0 Å². The number of hydrogen-bond acceptors (Lipinski definition) is 3. The first-order chi connectivity index (χ1) is 12.1. The fraction of sp³-hybridized carbons (Fsp3) is 0.952. The van der Waals surface area contributed by atoms with E-state index < -0.39 is 5.97 Å². The van der Waals surface area contributed by atoms with E-state index in [2.05, 4.69) is 6.92 Å². The standard InChI is InChI=1S/C21H42O4/c1-3-4-5-12-15-20(25-19(2)18-22)16-13-10-8-6-7-9-11-14-17-21(23)24/h19-20,22H,3-18H2,1-2H3,(H,23,24). The summed E-state index contributed by atoms with van der Waals surface area (Å²) in [4.78, 5) is 10.4. The summed E-state index contributed by atoms with van der Waals surface area (Å²) in [7, 11) is 0. The number of hydrogen-bond donors (Lipinski definition) is 2. The molecule has 0 aliphatic heterocycles. The molecule has 0 spiro atoms. The van der Waals surface area contributed by atoms with Gasteiger partial charge in [0.05, 0.1) is 18.8 Å². The molecule has 0 aliphatic rings. The number of rotatable bonds is 19. The van der Waals surface area contributed by atoms with E-state index in [4.69, 9.17) is 9.84 Å². The molecule has 2 N–H and O–H groups in total. The molecule has 0 saturated carbocycles. The Balaban J connectivity index is 3.63. The molecule has 2 unspecified atom stereocenters. The Morgan fingerprint density at radius 3 is 1.80 bits per heavy atom. The van der Waals surface area contributed by atoms with Gasteiger partial charge < -0.3 is 14.9 Å². The molecular weight excluding hydrogens is 316 g/mol. The SMILES string of the molecule is CCCCCCC(CCCCCCCCCCC(=O)O)OC(C)CO. The van der Waals surface area contributed by atoms with Crippen LogP contribution in [0, 0.1) is 0 Å². The van der Waals surface area contributed by atoms with Gasteiger partial charge in [-0.3, -0.25) is 4.79 Å². The third-order valence-corrected chi connectivity index (χ3v) is 4.73. The molecular formula is C21H42O4. The van der Waals surface area contributed by atoms with Crippen LogP contribution in [0.4, 0.5) is 0 Å². The number of aliphatic hydroxyl groups excluding tert-OH is 1. The summed E-state index contributed by atoms with van der Waals surface area (Å²) in [5.74, 6) is -0.679. The highest BCUT2D eigenvalue weighted by molar-refractivity contribution is 5.66. The van der Waals surface area contributed by atoms with E-state index in [-0.39, 0.29) is 12.7 Å². The molecule has 0 aromatic heterocycles. The molecule has 0 aromatic rings. The zero-order chi connectivity index (χ0) is 18.8. The maximum absolute atomic E-state index is 10.4. The zero-order valence-corrected chi connectivity index (χ0v) is 16.7. The van der Waals surface area contributed by atoms with Crippen LogP contribution in [-0.4, -0.2) is 35.0 Å². The smallest absolute Gasteiger partial charge is 0.303 e. The Labute approximate surface area is 155 Å². The van der Waals surface area contributed by atoms with Crippen molar-refractivity contribution in [2.24, 2.45) is 0 Å². The first-order valence-electron chi connectivity index (χ1n) is 10.6. The fourth-order valence-electron chi connectivity index (χ4n) is 3.16. The van der Waals surface area contributed by atoms with E-state index in [0.29, 0.717) is 12.5 Å². The molecule has 0 amide bonds. The predicted molar refractivity (Wildman–Crippen MR) is 104 cm³/mol. The third kappa shape index (κ3) is 18.0. The summed E-state index contributed by atoms with van der Waals surface area (Å²) < 4.78 is 5.97. The molecule has 25 heavy (non-hydrogen) atoms. The van der Waals surface area contributed by atoms with Gasteiger partial charge in [-0.2, -0.15) is 0 Å². The molecule has 150 valence electrons. The second-order valence-electron chi connectivity index (χ2n) is 7.36. The van der Waals surface area contributed by atoms with Gasteiger partial charge in [0, 0.05) is 6.42 Å². The lowest BCUT2D eigenvalue weighted by Crippen LogP contribution is -2.22. The highest BCUT2D eigenvalue weighted by atomic mass is 16.5. The summed E-state index contributed by atoms with van der Waals surface area (Å²) in [6, 6.07) is 0. The van der Waals surface area contributed by atoms with Crippen molar-refractivity contribution in [2.45, 2.75) is 122 Å². The van der Waals surface area contributed by atoms with Crippen LogP contribution in [0.15, 0.2) is 0 Å². The van der Waals surface area contributed by atoms with Crippen molar-refractivity contribution in [1.82, 2.24) is 0 Å². The Bertz CT molecular complexity index is 294. The van der Waals surface area contributed by atoms with Crippen LogP contribution < -0.4 is 0 Å². The molecule has 4 heteroatoms. The summed E-state index contributed by atoms with van der Waals surface area (Å²) in [5.41, 5.74) is 0. The zero-order valence-electron chi connectivity index (χ0n) is 16.7. The lowest BCUT2D eigenvalue weighted by molar-refractivity contribution is -0.137. The van der Waals surface area contributed by atoms with E-state index in [1.807, 2.05) is 6.92 Å². The largest absolute Gasteiger partial charge is 0.481 e. The minimum absolute atomic E-state index is 0.0537. The lowest BCUT2D eigenvalue weighted by Gasteiger charge is -2.21. The van der Waals surface area contributed by atoms with Crippen molar-refractivity contribution in [3.8, 4) is 0 Å². The van der Waals surface area contributed by atoms with Gasteiger partial charge in [0.2, 0.25) is 0 Å². The lowest BCUT2D eigenvalue weighted by atomic mass is 10.0. The Morgan fingerprint density at radius 1 is 0.840 bits per heavy atom. The minimum Gasteiger partial charge on any atom is -0.481 e. The molecule has 0 fully saturated rings. The average molecular weight is 359 g/mol. The van der Waals surface area contributed by atoms with Crippen LogP contribution in [-0.2, 0) is 9.53 Å². The molecule has 0 aliphatic carbocycles. The summed E-state index contributed by atoms with van der Waals surface area (Å²) >= 11 is 0. The first-order valence-corrected chi connectivity index (χ1v) is 10.6. The van der Waals surface area contributed by atoms with E-state index in [1.165, 1.54) is 57.8 Å². The number of aliphatic carboxylic acids is 1. The van der Waals surface area contributed by atoms with Crippen molar-refractivity contribution >= 4 is 5.97 Å². The van der Waals surface area contributed by atoms with Gasteiger partial charge in [-0.1, -0.05) is 77.6 Å². The van der Waals surface area contributed by atoms with Gasteiger partial charge in [-0.15, -0.1) is 0 Å². The van der Waals surface area contributed by atoms with Crippen molar-refractivity contribution in [1.29, 1.82) is 0 Å². The van der Waals surface area contributed by atoms with Crippen molar-refractivity contribution in [2.75, 3.05) is 6.61 Å². The highest BCUT2D eigenvalue weighted by Gasteiger charge is 2.12. The number of ether oxygens (including phenoxy) is 1. The van der Waals surface area contributed by atoms with Crippen LogP contribution in [0.5, 0.6) is 0 Å². The molecule has 0 radical (unpaired) electrons. The maximum Gasteiger partial charge on any atom is 0.303 e. The maximum atomic E-state index is 10.4. The third-order valence-electron chi connectivity index (χ3n) is 4.73. The number of carboxylic acid groups (broad SMARTS) is 1. The van der Waals surface area contributed by atoms with Gasteiger partial charge in [-0.25, -0.2) is 0 Å². The Kier molecular flexibility index (Phi) is 17.7. The van der Waals surface area contributed by atoms with E-state index in [0.717, 1.165) is 32.1 Å². The van der Waals surface area contributed by atoms with E-state index in [9.17, 15) is 9.90 Å². The van der Waals surface area contributed by atoms with Gasteiger partial charge in [0.15, 0.2) is 0 Å². The molecule has 0 aromatic carbocycles. The molecule has 0 saturated heterocycles. The average Bonchev–Trinajstić information content (AvgIpc) is 2.59. The molecule has 2 atom stereocenters. The highest BCUT2D eigenvalue weighted by Crippen LogP contribution is 2.18. The van der Waals surface area contributed by atoms with E-state index in [1.54, 1.807) is 0 Å². The predicted octanol–water partition coefficient (Wildman–Crippen LogP) is 5.71. The van der Waals surface area contributed by atoms with Gasteiger partial charge in [0.1, 0.15) is 0 Å². The second-order valence-corrected chi connectivity index (χ2v) is 7.36. The number of carbonyl (C=O) groups is 1. The first kappa shape index (κ1) is 24.4. The number of unbranched alkanes of at least 4 members (excludes halogenated alkanes) is 10. The molecule has 4 nitrogen and oxygen atoms in total. The summed E-state index contributed by atoms with van der Waals surface area (Å²) in [5, 5.41) is 17.8. The molecule has 0 rings (SSSR count). The normalized spacial score (nSPS) is 13.7. The fourth-order valence-corrected chi connectivity index (χ4v) is 3.16. The quantitative estimate of drug-likeness (QED) is 0.290. The summed E-state index contributed by atoms with van der Waals surface area (Å²) in [6.07, 6.45) is 17.1. The van der Waals surface area contributed by atoms with Crippen LogP contribution in [0.25, 0.3) is 0 Å². The summed E-state index contributed by atoms with van der Waals surface area (Å²) in [6.45, 7) is 4.28. The van der Waals surface area contributed by atoms with Gasteiger partial charge in [0.25, 0.3) is 0 Å². The minimum atomic E-state index is -0.679. The molecule has 0 bridgehead atoms. The Morgan fingerprint density at radius 2 is 1.32 bits per heavy atom.